The second-order valence-corrected chi connectivity index (χ2v) is 7.45. The van der Waals surface area contributed by atoms with E-state index in [2.05, 4.69) is 0 Å². The first-order valence-corrected chi connectivity index (χ1v) is 8.19. The maximum atomic E-state index is 12.1. The summed E-state index contributed by atoms with van der Waals surface area (Å²) in [6.45, 7) is 0. The van der Waals surface area contributed by atoms with Crippen LogP contribution in [0.4, 0.5) is 0 Å². The molecule has 19 heavy (non-hydrogen) atoms. The van der Waals surface area contributed by atoms with Crippen molar-refractivity contribution in [1.29, 1.82) is 0 Å². The molecule has 0 spiro atoms. The van der Waals surface area contributed by atoms with E-state index in [0.717, 1.165) is 6.42 Å². The first-order chi connectivity index (χ1) is 8.99. The molecule has 1 saturated carbocycles. The number of carboxylic acid groups (broad SMARTS) is 1. The van der Waals surface area contributed by atoms with Crippen LogP contribution in [0.5, 0.6) is 0 Å². The molecule has 1 aromatic rings. The van der Waals surface area contributed by atoms with Crippen LogP contribution in [0.1, 0.15) is 37.2 Å². The molecule has 0 saturated heterocycles. The summed E-state index contributed by atoms with van der Waals surface area (Å²) in [5.74, 6) is -1.01. The predicted octanol–water partition coefficient (Wildman–Crippen LogP) is 2.21. The summed E-state index contributed by atoms with van der Waals surface area (Å²) in [6.07, 6.45) is 1.82. The summed E-state index contributed by atoms with van der Waals surface area (Å²) in [4.78, 5) is 10.5. The third kappa shape index (κ3) is 3.56. The van der Waals surface area contributed by atoms with Gasteiger partial charge in [-0.1, -0.05) is 30.3 Å². The Labute approximate surface area is 113 Å². The third-order valence-corrected chi connectivity index (χ3v) is 5.98. The Morgan fingerprint density at radius 3 is 2.53 bits per heavy atom. The Kier molecular flexibility index (Phi) is 4.24. The van der Waals surface area contributed by atoms with Gasteiger partial charge in [-0.15, -0.1) is 0 Å². The SMILES string of the molecule is O=C(O)CCS(=O)(=O)C1CCC(c2ccccc2)C1. The van der Waals surface area contributed by atoms with Gasteiger partial charge >= 0.3 is 5.97 Å². The highest BCUT2D eigenvalue weighted by Crippen LogP contribution is 2.37. The summed E-state index contributed by atoms with van der Waals surface area (Å²) < 4.78 is 24.1. The van der Waals surface area contributed by atoms with Gasteiger partial charge < -0.3 is 5.11 Å². The molecule has 0 amide bonds. The minimum Gasteiger partial charge on any atom is -0.481 e. The van der Waals surface area contributed by atoms with E-state index in [1.165, 1.54) is 5.56 Å². The molecule has 1 aromatic carbocycles. The number of rotatable bonds is 5. The summed E-state index contributed by atoms with van der Waals surface area (Å²) >= 11 is 0. The van der Waals surface area contributed by atoms with Crippen LogP contribution in [0.25, 0.3) is 0 Å². The molecule has 0 aliphatic heterocycles. The Hall–Kier alpha value is -1.36. The highest BCUT2D eigenvalue weighted by Gasteiger charge is 2.34. The van der Waals surface area contributed by atoms with Crippen LogP contribution in [-0.4, -0.2) is 30.5 Å². The van der Waals surface area contributed by atoms with Crippen molar-refractivity contribution in [3.63, 3.8) is 0 Å². The van der Waals surface area contributed by atoms with Crippen molar-refractivity contribution in [2.24, 2.45) is 0 Å². The van der Waals surface area contributed by atoms with Crippen molar-refractivity contribution >= 4 is 15.8 Å². The fourth-order valence-electron chi connectivity index (χ4n) is 2.69. The monoisotopic (exact) mass is 282 g/mol. The fraction of sp³-hybridized carbons (Fsp3) is 0.500. The number of sulfone groups is 1. The number of hydrogen-bond acceptors (Lipinski definition) is 3. The smallest absolute Gasteiger partial charge is 0.304 e. The predicted molar refractivity (Wildman–Crippen MR) is 72.9 cm³/mol. The van der Waals surface area contributed by atoms with Crippen molar-refractivity contribution in [3.8, 4) is 0 Å². The molecule has 1 N–H and O–H groups in total. The quantitative estimate of drug-likeness (QED) is 0.898. The van der Waals surface area contributed by atoms with Gasteiger partial charge in [0.05, 0.1) is 17.4 Å². The molecule has 1 aliphatic rings. The van der Waals surface area contributed by atoms with Gasteiger partial charge in [-0.3, -0.25) is 4.79 Å². The molecule has 0 heterocycles. The molecular formula is C14H18O4S. The van der Waals surface area contributed by atoms with Gasteiger partial charge in [-0.2, -0.15) is 0 Å². The number of benzene rings is 1. The number of aliphatic carboxylic acids is 1. The van der Waals surface area contributed by atoms with Gasteiger partial charge in [0.15, 0.2) is 9.84 Å². The van der Waals surface area contributed by atoms with Crippen LogP contribution in [0.3, 0.4) is 0 Å². The Bertz CT molecular complexity index is 536. The van der Waals surface area contributed by atoms with E-state index < -0.39 is 15.8 Å². The molecule has 0 aromatic heterocycles. The van der Waals surface area contributed by atoms with E-state index in [1.807, 2.05) is 30.3 Å². The standard InChI is InChI=1S/C14H18O4S/c15-14(16)8-9-19(17,18)13-7-6-12(10-13)11-4-2-1-3-5-11/h1-5,12-13H,6-10H2,(H,15,16). The van der Waals surface area contributed by atoms with Gasteiger partial charge in [-0.05, 0) is 30.7 Å². The first kappa shape index (κ1) is 14.1. The average Bonchev–Trinajstić information content (AvgIpc) is 2.88. The number of hydrogen-bond donors (Lipinski definition) is 1. The van der Waals surface area contributed by atoms with Gasteiger partial charge in [0.2, 0.25) is 0 Å². The van der Waals surface area contributed by atoms with Crippen LogP contribution in [0, 0.1) is 0 Å². The van der Waals surface area contributed by atoms with Crippen molar-refractivity contribution in [2.45, 2.75) is 36.9 Å². The van der Waals surface area contributed by atoms with Gasteiger partial charge in [0.25, 0.3) is 0 Å². The number of carbonyl (C=O) groups is 1. The zero-order valence-electron chi connectivity index (χ0n) is 10.7. The van der Waals surface area contributed by atoms with Gasteiger partial charge in [0, 0.05) is 0 Å². The first-order valence-electron chi connectivity index (χ1n) is 6.47. The lowest BCUT2D eigenvalue weighted by molar-refractivity contribution is -0.136. The van der Waals surface area contributed by atoms with Crippen LogP contribution in [0.2, 0.25) is 0 Å². The molecule has 2 atom stereocenters. The molecule has 4 nitrogen and oxygen atoms in total. The minimum atomic E-state index is -3.28. The van der Waals surface area contributed by atoms with Crippen LogP contribution in [-0.2, 0) is 14.6 Å². The maximum Gasteiger partial charge on any atom is 0.304 e. The van der Waals surface area contributed by atoms with E-state index in [9.17, 15) is 13.2 Å². The van der Waals surface area contributed by atoms with E-state index in [1.54, 1.807) is 0 Å². The molecule has 2 rings (SSSR count). The zero-order valence-corrected chi connectivity index (χ0v) is 11.5. The third-order valence-electron chi connectivity index (χ3n) is 3.76. The van der Waals surface area contributed by atoms with Crippen molar-refractivity contribution < 1.29 is 18.3 Å². The summed E-state index contributed by atoms with van der Waals surface area (Å²) in [6, 6.07) is 9.91. The summed E-state index contributed by atoms with van der Waals surface area (Å²) in [7, 11) is -3.28. The molecule has 104 valence electrons. The fourth-order valence-corrected chi connectivity index (χ4v) is 4.50. The molecule has 1 aliphatic carbocycles. The highest BCUT2D eigenvalue weighted by atomic mass is 32.2. The largest absolute Gasteiger partial charge is 0.481 e. The zero-order chi connectivity index (χ0) is 13.9. The summed E-state index contributed by atoms with van der Waals surface area (Å²) in [5, 5.41) is 8.21. The highest BCUT2D eigenvalue weighted by molar-refractivity contribution is 7.92. The van der Waals surface area contributed by atoms with Crippen molar-refractivity contribution in [2.75, 3.05) is 5.75 Å². The molecule has 1 fully saturated rings. The summed E-state index contributed by atoms with van der Waals surface area (Å²) in [5.41, 5.74) is 1.18. The molecule has 5 heteroatoms. The molecule has 0 radical (unpaired) electrons. The Morgan fingerprint density at radius 1 is 1.21 bits per heavy atom. The van der Waals surface area contributed by atoms with Crippen LogP contribution in [0.15, 0.2) is 30.3 Å². The molecule has 2 unspecified atom stereocenters. The van der Waals surface area contributed by atoms with Crippen LogP contribution >= 0.6 is 0 Å². The Balaban J connectivity index is 2.00. The lowest BCUT2D eigenvalue weighted by atomic mass is 9.98. The molecular weight excluding hydrogens is 264 g/mol. The lowest BCUT2D eigenvalue weighted by Crippen LogP contribution is -2.23. The lowest BCUT2D eigenvalue weighted by Gasteiger charge is -2.12. The average molecular weight is 282 g/mol. The normalized spacial score (nSPS) is 23.4. The Morgan fingerprint density at radius 2 is 1.89 bits per heavy atom. The van der Waals surface area contributed by atoms with Gasteiger partial charge in [-0.25, -0.2) is 8.42 Å². The van der Waals surface area contributed by atoms with Crippen molar-refractivity contribution in [3.05, 3.63) is 35.9 Å². The van der Waals surface area contributed by atoms with E-state index in [-0.39, 0.29) is 23.3 Å². The van der Waals surface area contributed by atoms with E-state index >= 15 is 0 Å². The van der Waals surface area contributed by atoms with E-state index in [0.29, 0.717) is 12.8 Å². The maximum absolute atomic E-state index is 12.1. The minimum absolute atomic E-state index is 0.242. The van der Waals surface area contributed by atoms with E-state index in [4.69, 9.17) is 5.11 Å². The second kappa shape index (κ2) is 5.74. The number of carboxylic acids is 1. The topological polar surface area (TPSA) is 71.4 Å². The van der Waals surface area contributed by atoms with Crippen molar-refractivity contribution in [1.82, 2.24) is 0 Å². The van der Waals surface area contributed by atoms with Gasteiger partial charge in [0.1, 0.15) is 0 Å². The van der Waals surface area contributed by atoms with Crippen LogP contribution < -0.4 is 0 Å². The second-order valence-electron chi connectivity index (χ2n) is 5.05. The molecule has 0 bridgehead atoms.